The van der Waals surface area contributed by atoms with Crippen LogP contribution in [0, 0.1) is 6.92 Å². The Labute approximate surface area is 156 Å². The maximum absolute atomic E-state index is 12.2. The summed E-state index contributed by atoms with van der Waals surface area (Å²) in [5.74, 6) is 0. The molecule has 0 atom stereocenters. The molecule has 0 amide bonds. The molecule has 2 aliphatic rings. The summed E-state index contributed by atoms with van der Waals surface area (Å²) in [6.45, 7) is 4.95. The van der Waals surface area contributed by atoms with Gasteiger partial charge in [0.25, 0.3) is 5.56 Å². The Kier molecular flexibility index (Phi) is 5.07. The summed E-state index contributed by atoms with van der Waals surface area (Å²) in [7, 11) is 0. The number of aryl methyl sites for hydroxylation is 1. The maximum atomic E-state index is 12.2. The van der Waals surface area contributed by atoms with Crippen molar-refractivity contribution in [3.8, 4) is 0 Å². The molecule has 2 heterocycles. The lowest BCUT2D eigenvalue weighted by Gasteiger charge is -2.40. The lowest BCUT2D eigenvalue weighted by atomic mass is 9.89. The van der Waals surface area contributed by atoms with Crippen LogP contribution in [0.15, 0.2) is 53.0 Å². The Morgan fingerprint density at radius 3 is 2.46 bits per heavy atom. The molecule has 0 N–H and O–H groups in total. The van der Waals surface area contributed by atoms with Gasteiger partial charge in [0.1, 0.15) is 0 Å². The second-order valence-electron chi connectivity index (χ2n) is 7.79. The van der Waals surface area contributed by atoms with E-state index in [9.17, 15) is 4.79 Å². The minimum Gasteiger partial charge on any atom is -0.311 e. The number of hydrogen-bond donors (Lipinski definition) is 0. The quantitative estimate of drug-likeness (QED) is 0.826. The van der Waals surface area contributed by atoms with Crippen molar-refractivity contribution in [2.75, 3.05) is 13.1 Å². The maximum Gasteiger partial charge on any atom is 0.253 e. The lowest BCUT2D eigenvalue weighted by Crippen LogP contribution is -2.43. The topological polar surface area (TPSA) is 25.2 Å². The molecule has 26 heavy (non-hydrogen) atoms. The van der Waals surface area contributed by atoms with Gasteiger partial charge in [-0.1, -0.05) is 48.4 Å². The zero-order valence-electron chi connectivity index (χ0n) is 15.7. The molecule has 3 nitrogen and oxygen atoms in total. The van der Waals surface area contributed by atoms with Crippen molar-refractivity contribution < 1.29 is 0 Å². The van der Waals surface area contributed by atoms with Crippen molar-refractivity contribution in [1.82, 2.24) is 9.47 Å². The molecule has 1 aromatic heterocycles. The first kappa shape index (κ1) is 17.3. The van der Waals surface area contributed by atoms with Gasteiger partial charge in [-0.25, -0.2) is 0 Å². The summed E-state index contributed by atoms with van der Waals surface area (Å²) >= 11 is 0. The zero-order chi connectivity index (χ0) is 17.9. The highest BCUT2D eigenvalue weighted by Gasteiger charge is 2.26. The van der Waals surface area contributed by atoms with E-state index in [4.69, 9.17) is 0 Å². The van der Waals surface area contributed by atoms with E-state index < -0.39 is 0 Å². The van der Waals surface area contributed by atoms with Crippen LogP contribution >= 0.6 is 0 Å². The summed E-state index contributed by atoms with van der Waals surface area (Å²) in [5.41, 5.74) is 4.90. The first-order chi connectivity index (χ1) is 12.7. The number of benzene rings is 1. The molecule has 0 spiro atoms. The number of piperidine rings is 1. The summed E-state index contributed by atoms with van der Waals surface area (Å²) in [4.78, 5) is 14.8. The van der Waals surface area contributed by atoms with E-state index in [-0.39, 0.29) is 5.56 Å². The second-order valence-corrected chi connectivity index (χ2v) is 7.79. The number of likely N-dealkylation sites (tertiary alicyclic amines) is 1. The molecule has 1 saturated carbocycles. The van der Waals surface area contributed by atoms with Gasteiger partial charge in [0.2, 0.25) is 0 Å². The van der Waals surface area contributed by atoms with Gasteiger partial charge in [0, 0.05) is 30.9 Å². The Morgan fingerprint density at radius 2 is 1.81 bits per heavy atom. The van der Waals surface area contributed by atoms with Crippen molar-refractivity contribution >= 4 is 6.08 Å². The standard InChI is InChI=1S/C23H28N2O/c1-18-4-3-13-25(23(18)26)17-21-9-7-19(8-10-21)16-20-11-14-24(15-12-20)22-5-2-6-22/h3-4,7-10,13,16,22H,2,5-6,11-12,14-15,17H2,1H3. The molecule has 0 unspecified atom stereocenters. The van der Waals surface area contributed by atoms with Gasteiger partial charge >= 0.3 is 0 Å². The van der Waals surface area contributed by atoms with Crippen molar-refractivity contribution in [1.29, 1.82) is 0 Å². The lowest BCUT2D eigenvalue weighted by molar-refractivity contribution is 0.118. The van der Waals surface area contributed by atoms with Crippen LogP contribution < -0.4 is 5.56 Å². The molecule has 136 valence electrons. The Balaban J connectivity index is 1.38. The predicted octanol–water partition coefficient (Wildman–Crippen LogP) is 4.24. The number of aromatic nitrogens is 1. The van der Waals surface area contributed by atoms with E-state index >= 15 is 0 Å². The summed E-state index contributed by atoms with van der Waals surface area (Å²) in [6, 6.07) is 13.3. The smallest absolute Gasteiger partial charge is 0.253 e. The number of nitrogens with zero attached hydrogens (tertiary/aromatic N) is 2. The SMILES string of the molecule is Cc1cccn(Cc2ccc(C=C3CCN(C4CCC4)CC3)cc2)c1=O. The highest BCUT2D eigenvalue weighted by molar-refractivity contribution is 5.53. The Morgan fingerprint density at radius 1 is 1.08 bits per heavy atom. The Hall–Kier alpha value is -2.13. The van der Waals surface area contributed by atoms with Gasteiger partial charge in [-0.3, -0.25) is 9.69 Å². The fourth-order valence-corrected chi connectivity index (χ4v) is 4.01. The van der Waals surface area contributed by atoms with Crippen LogP contribution in [0.3, 0.4) is 0 Å². The highest BCUT2D eigenvalue weighted by atomic mass is 16.1. The third-order valence-corrected chi connectivity index (χ3v) is 5.95. The minimum atomic E-state index is 0.0944. The molecule has 1 saturated heterocycles. The van der Waals surface area contributed by atoms with Gasteiger partial charge in [0.05, 0.1) is 6.54 Å². The molecule has 1 aromatic carbocycles. The number of rotatable bonds is 4. The summed E-state index contributed by atoms with van der Waals surface area (Å²) in [5, 5.41) is 0. The molecule has 2 fully saturated rings. The molecule has 1 aliphatic carbocycles. The van der Waals surface area contributed by atoms with E-state index in [2.05, 4.69) is 35.2 Å². The highest BCUT2D eigenvalue weighted by Crippen LogP contribution is 2.29. The number of pyridine rings is 1. The van der Waals surface area contributed by atoms with Gasteiger partial charge in [-0.2, -0.15) is 0 Å². The Bertz CT molecular complexity index is 833. The molecule has 4 rings (SSSR count). The van der Waals surface area contributed by atoms with Crippen LogP contribution in [0.2, 0.25) is 0 Å². The fraction of sp³-hybridized carbons (Fsp3) is 0.435. The van der Waals surface area contributed by atoms with Gasteiger partial charge in [-0.15, -0.1) is 0 Å². The molecule has 0 bridgehead atoms. The van der Waals surface area contributed by atoms with Crippen LogP contribution in [0.5, 0.6) is 0 Å². The molecular weight excluding hydrogens is 320 g/mol. The van der Waals surface area contributed by atoms with Crippen LogP contribution in [0.25, 0.3) is 6.08 Å². The van der Waals surface area contributed by atoms with Crippen molar-refractivity contribution in [2.45, 2.75) is 51.6 Å². The fourth-order valence-electron chi connectivity index (χ4n) is 4.01. The summed E-state index contributed by atoms with van der Waals surface area (Å²) in [6.07, 6.45) is 10.9. The van der Waals surface area contributed by atoms with Crippen LogP contribution in [-0.2, 0) is 6.54 Å². The van der Waals surface area contributed by atoms with E-state index in [0.717, 1.165) is 11.6 Å². The average molecular weight is 348 g/mol. The van der Waals surface area contributed by atoms with Gasteiger partial charge in [0.15, 0.2) is 0 Å². The number of hydrogen-bond acceptors (Lipinski definition) is 2. The predicted molar refractivity (Wildman–Crippen MR) is 107 cm³/mol. The van der Waals surface area contributed by atoms with E-state index in [0.29, 0.717) is 6.54 Å². The molecule has 0 radical (unpaired) electrons. The third-order valence-electron chi connectivity index (χ3n) is 5.95. The first-order valence-electron chi connectivity index (χ1n) is 9.87. The van der Waals surface area contributed by atoms with Crippen molar-refractivity contribution in [2.24, 2.45) is 0 Å². The minimum absolute atomic E-state index is 0.0944. The first-order valence-corrected chi connectivity index (χ1v) is 9.87. The normalized spacial score (nSPS) is 18.6. The molecule has 3 heteroatoms. The van der Waals surface area contributed by atoms with Crippen LogP contribution in [0.1, 0.15) is 48.8 Å². The van der Waals surface area contributed by atoms with Crippen molar-refractivity contribution in [3.63, 3.8) is 0 Å². The third kappa shape index (κ3) is 3.83. The van der Waals surface area contributed by atoms with Crippen molar-refractivity contribution in [3.05, 3.63) is 75.2 Å². The molecule has 1 aliphatic heterocycles. The average Bonchev–Trinajstić information content (AvgIpc) is 2.61. The van der Waals surface area contributed by atoms with E-state index in [1.807, 2.05) is 25.3 Å². The second kappa shape index (κ2) is 7.63. The van der Waals surface area contributed by atoms with E-state index in [1.54, 1.807) is 10.1 Å². The zero-order valence-corrected chi connectivity index (χ0v) is 15.7. The summed E-state index contributed by atoms with van der Waals surface area (Å²) < 4.78 is 1.78. The monoisotopic (exact) mass is 348 g/mol. The van der Waals surface area contributed by atoms with E-state index in [1.165, 1.54) is 56.3 Å². The molecule has 2 aromatic rings. The van der Waals surface area contributed by atoms with Gasteiger partial charge < -0.3 is 4.57 Å². The largest absolute Gasteiger partial charge is 0.311 e. The van der Waals surface area contributed by atoms with Crippen LogP contribution in [0.4, 0.5) is 0 Å². The van der Waals surface area contributed by atoms with Gasteiger partial charge in [-0.05, 0) is 49.8 Å². The molecular formula is C23H28N2O. The van der Waals surface area contributed by atoms with Crippen LogP contribution in [-0.4, -0.2) is 28.6 Å².